The number of ether oxygens (including phenoxy) is 1. The van der Waals surface area contributed by atoms with Crippen LogP contribution in [0.4, 0.5) is 4.79 Å². The van der Waals surface area contributed by atoms with Crippen LogP contribution in [-0.4, -0.2) is 46.4 Å². The summed E-state index contributed by atoms with van der Waals surface area (Å²) in [6, 6.07) is 17.2. The van der Waals surface area contributed by atoms with Crippen molar-refractivity contribution >= 4 is 45.6 Å². The van der Waals surface area contributed by atoms with Gasteiger partial charge in [0.15, 0.2) is 0 Å². The lowest BCUT2D eigenvalue weighted by Crippen LogP contribution is -2.69. The average molecular weight is 506 g/mol. The van der Waals surface area contributed by atoms with Crippen molar-refractivity contribution < 1.29 is 19.1 Å². The minimum atomic E-state index is -0.874. The van der Waals surface area contributed by atoms with E-state index < -0.39 is 24.1 Å². The van der Waals surface area contributed by atoms with Gasteiger partial charge in [-0.25, -0.2) is 4.79 Å². The van der Waals surface area contributed by atoms with E-state index in [1.807, 2.05) is 60.7 Å². The molecule has 3 rings (SSSR count). The van der Waals surface area contributed by atoms with Crippen molar-refractivity contribution in [3.05, 3.63) is 71.8 Å². The second kappa shape index (κ2) is 11.8. The van der Waals surface area contributed by atoms with Crippen molar-refractivity contribution in [2.45, 2.75) is 30.5 Å². The molecule has 0 radical (unpaired) electrons. The van der Waals surface area contributed by atoms with Gasteiger partial charge < -0.3 is 20.7 Å². The van der Waals surface area contributed by atoms with E-state index in [1.165, 1.54) is 0 Å². The summed E-state index contributed by atoms with van der Waals surface area (Å²) in [5.74, 6) is 0.143. The van der Waals surface area contributed by atoms with Gasteiger partial charge in [0.1, 0.15) is 24.1 Å². The highest BCUT2D eigenvalue weighted by Crippen LogP contribution is 2.20. The summed E-state index contributed by atoms with van der Waals surface area (Å²) >= 11 is 4.90. The number of rotatable bonds is 10. The number of hydrogen-bond donors (Lipinski definition) is 3. The molecule has 0 aliphatic carbocycles. The van der Waals surface area contributed by atoms with Crippen molar-refractivity contribution in [2.75, 3.05) is 11.1 Å². The number of benzene rings is 2. The standard InChI is InChI=1S/C22H24BrN3O4S/c23-11-12-31-21-18(20(28)26-21)25-19(27)17(13-15-7-3-1-4-8-15)24-22(29)30-14-16-9-5-2-6-10-16/h1-10,17-18,21H,11-14H2,(H,24,29)(H,25,27)(H,26,28)/t17-,18+,21?/m0/s1. The first-order chi connectivity index (χ1) is 15.1. The smallest absolute Gasteiger partial charge is 0.408 e. The normalized spacial score (nSPS) is 18.3. The van der Waals surface area contributed by atoms with E-state index in [0.717, 1.165) is 22.2 Å². The number of nitrogens with one attached hydrogen (secondary N) is 3. The number of halogens is 1. The molecular weight excluding hydrogens is 482 g/mol. The van der Waals surface area contributed by atoms with Crippen molar-refractivity contribution in [1.29, 1.82) is 0 Å². The Morgan fingerprint density at radius 3 is 2.32 bits per heavy atom. The number of carbonyl (C=O) groups is 3. The number of hydrogen-bond acceptors (Lipinski definition) is 5. The van der Waals surface area contributed by atoms with E-state index in [1.54, 1.807) is 11.8 Å². The molecule has 9 heteroatoms. The van der Waals surface area contributed by atoms with Crippen LogP contribution in [0.5, 0.6) is 0 Å². The third-order valence-electron chi connectivity index (χ3n) is 4.65. The van der Waals surface area contributed by atoms with Crippen molar-refractivity contribution in [3.8, 4) is 0 Å². The monoisotopic (exact) mass is 505 g/mol. The molecule has 1 aliphatic rings. The first-order valence-electron chi connectivity index (χ1n) is 9.86. The van der Waals surface area contributed by atoms with Gasteiger partial charge in [0.2, 0.25) is 11.8 Å². The van der Waals surface area contributed by atoms with Crippen LogP contribution in [0.15, 0.2) is 60.7 Å². The SMILES string of the molecule is O=C(N[C@@H](Cc1ccccc1)C(=O)N[C@@H]1C(=O)NC1SCCBr)OCc1ccccc1. The fourth-order valence-electron chi connectivity index (χ4n) is 3.03. The molecule has 0 spiro atoms. The molecule has 1 saturated heterocycles. The maximum absolute atomic E-state index is 12.9. The average Bonchev–Trinajstić information content (AvgIpc) is 2.79. The van der Waals surface area contributed by atoms with Crippen molar-refractivity contribution in [1.82, 2.24) is 16.0 Å². The molecule has 2 aromatic rings. The quantitative estimate of drug-likeness (QED) is 0.340. The second-order valence-corrected chi connectivity index (χ2v) is 8.97. The van der Waals surface area contributed by atoms with Crippen LogP contribution in [-0.2, 0) is 27.4 Å². The van der Waals surface area contributed by atoms with Crippen molar-refractivity contribution in [2.24, 2.45) is 0 Å². The Morgan fingerprint density at radius 1 is 1.06 bits per heavy atom. The molecule has 0 bridgehead atoms. The largest absolute Gasteiger partial charge is 0.445 e. The lowest BCUT2D eigenvalue weighted by molar-refractivity contribution is -0.134. The third-order valence-corrected chi connectivity index (χ3v) is 6.76. The molecule has 3 amide bonds. The van der Waals surface area contributed by atoms with E-state index in [-0.39, 0.29) is 24.3 Å². The van der Waals surface area contributed by atoms with Gasteiger partial charge in [-0.15, -0.1) is 11.8 Å². The van der Waals surface area contributed by atoms with E-state index in [4.69, 9.17) is 4.74 Å². The predicted octanol–water partition coefficient (Wildman–Crippen LogP) is 2.59. The van der Waals surface area contributed by atoms with E-state index in [0.29, 0.717) is 0 Å². The Bertz CT molecular complexity index is 885. The van der Waals surface area contributed by atoms with E-state index in [9.17, 15) is 14.4 Å². The number of alkyl carbamates (subject to hydrolysis) is 1. The van der Waals surface area contributed by atoms with Crippen LogP contribution in [0.2, 0.25) is 0 Å². The molecule has 7 nitrogen and oxygen atoms in total. The highest BCUT2D eigenvalue weighted by atomic mass is 79.9. The molecule has 0 aromatic heterocycles. The molecule has 3 atom stereocenters. The maximum atomic E-state index is 12.9. The molecule has 2 aromatic carbocycles. The van der Waals surface area contributed by atoms with Crippen molar-refractivity contribution in [3.63, 3.8) is 0 Å². The highest BCUT2D eigenvalue weighted by Gasteiger charge is 2.41. The number of β-lactam (4-membered cyclic amide) rings is 1. The summed E-state index contributed by atoms with van der Waals surface area (Å²) in [5, 5.41) is 8.79. The Hall–Kier alpha value is -2.52. The molecular formula is C22H24BrN3O4S. The number of carbonyl (C=O) groups excluding carboxylic acids is 3. The fourth-order valence-corrected chi connectivity index (χ4v) is 4.51. The van der Waals surface area contributed by atoms with Crippen LogP contribution in [0, 0.1) is 0 Å². The van der Waals surface area contributed by atoms with Gasteiger partial charge in [0, 0.05) is 17.5 Å². The van der Waals surface area contributed by atoms with Crippen LogP contribution in [0.25, 0.3) is 0 Å². The predicted molar refractivity (Wildman–Crippen MR) is 124 cm³/mol. The van der Waals surface area contributed by atoms with Gasteiger partial charge >= 0.3 is 6.09 Å². The molecule has 1 heterocycles. The Morgan fingerprint density at radius 2 is 1.71 bits per heavy atom. The second-order valence-electron chi connectivity index (χ2n) is 6.92. The maximum Gasteiger partial charge on any atom is 0.408 e. The zero-order valence-electron chi connectivity index (χ0n) is 16.8. The summed E-state index contributed by atoms with van der Waals surface area (Å²) in [7, 11) is 0. The lowest BCUT2D eigenvalue weighted by atomic mass is 10.0. The van der Waals surface area contributed by atoms with Crippen LogP contribution in [0.3, 0.4) is 0 Å². The first-order valence-corrected chi connectivity index (χ1v) is 12.0. The molecule has 3 N–H and O–H groups in total. The van der Waals surface area contributed by atoms with Gasteiger partial charge in [-0.2, -0.15) is 0 Å². The summed E-state index contributed by atoms with van der Waals surface area (Å²) < 4.78 is 5.27. The molecule has 31 heavy (non-hydrogen) atoms. The van der Waals surface area contributed by atoms with E-state index >= 15 is 0 Å². The summed E-state index contributed by atoms with van der Waals surface area (Å²) in [6.45, 7) is 0.0998. The zero-order chi connectivity index (χ0) is 22.1. The summed E-state index contributed by atoms with van der Waals surface area (Å²) in [6.07, 6.45) is -0.413. The minimum absolute atomic E-state index is 0.0998. The lowest BCUT2D eigenvalue weighted by Gasteiger charge is -2.37. The zero-order valence-corrected chi connectivity index (χ0v) is 19.2. The number of amides is 3. The number of thioether (sulfide) groups is 1. The molecule has 1 unspecified atom stereocenters. The Labute approximate surface area is 193 Å². The molecule has 0 saturated carbocycles. The van der Waals surface area contributed by atoms with Gasteiger partial charge in [-0.05, 0) is 11.1 Å². The topological polar surface area (TPSA) is 96.5 Å². The minimum Gasteiger partial charge on any atom is -0.445 e. The molecule has 1 fully saturated rings. The highest BCUT2D eigenvalue weighted by molar-refractivity contribution is 9.09. The molecule has 1 aliphatic heterocycles. The van der Waals surface area contributed by atoms with E-state index in [2.05, 4.69) is 31.9 Å². The summed E-state index contributed by atoms with van der Waals surface area (Å²) in [4.78, 5) is 37.2. The van der Waals surface area contributed by atoms with Gasteiger partial charge in [-0.3, -0.25) is 9.59 Å². The molecule has 164 valence electrons. The fraction of sp³-hybridized carbons (Fsp3) is 0.318. The van der Waals surface area contributed by atoms with Gasteiger partial charge in [-0.1, -0.05) is 76.6 Å². The summed E-state index contributed by atoms with van der Waals surface area (Å²) in [5.41, 5.74) is 1.73. The Kier molecular flexibility index (Phi) is 8.78. The van der Waals surface area contributed by atoms with Gasteiger partial charge in [0.25, 0.3) is 0 Å². The van der Waals surface area contributed by atoms with Gasteiger partial charge in [0.05, 0.1) is 0 Å². The first kappa shape index (κ1) is 23.1. The van der Waals surface area contributed by atoms with Crippen LogP contribution < -0.4 is 16.0 Å². The third kappa shape index (κ3) is 7.00. The van der Waals surface area contributed by atoms with Crippen LogP contribution in [0.1, 0.15) is 11.1 Å². The van der Waals surface area contributed by atoms with Crippen LogP contribution >= 0.6 is 27.7 Å². The number of alkyl halides is 1. The Balaban J connectivity index is 1.62.